The van der Waals surface area contributed by atoms with Crippen LogP contribution in [0.1, 0.15) is 31.2 Å². The average molecular weight is 306 g/mol. The molecule has 0 spiro atoms. The Morgan fingerprint density at radius 1 is 1.09 bits per heavy atom. The third kappa shape index (κ3) is 5.73. The minimum atomic E-state index is -0.843. The van der Waals surface area contributed by atoms with Crippen molar-refractivity contribution in [3.05, 3.63) is 35.9 Å². The second-order valence-electron chi connectivity index (χ2n) is 5.53. The number of hydrogen-bond acceptors (Lipinski definition) is 4. The Morgan fingerprint density at radius 2 is 1.73 bits per heavy atom. The first-order valence-corrected chi connectivity index (χ1v) is 7.56. The van der Waals surface area contributed by atoms with Crippen LogP contribution in [0.25, 0.3) is 0 Å². The molecule has 0 bridgehead atoms. The molecule has 0 aliphatic heterocycles. The fourth-order valence-electron chi connectivity index (χ4n) is 2.60. The molecule has 1 amide bonds. The van der Waals surface area contributed by atoms with Crippen LogP contribution in [-0.4, -0.2) is 35.8 Å². The second-order valence-corrected chi connectivity index (χ2v) is 5.53. The highest BCUT2D eigenvalue weighted by molar-refractivity contribution is 5.69. The van der Waals surface area contributed by atoms with Crippen molar-refractivity contribution in [2.24, 2.45) is 0 Å². The Kier molecular flexibility index (Phi) is 6.21. The molecule has 1 aromatic carbocycles. The molecule has 2 rings (SSSR count). The lowest BCUT2D eigenvalue weighted by atomic mass is 9.91. The van der Waals surface area contributed by atoms with Crippen molar-refractivity contribution in [2.45, 2.75) is 44.4 Å². The molecular formula is C16H22N2O4. The SMILES string of the molecule is O=C(O)CNC1CCC(NC(=O)OCc2ccccc2)CC1. The summed E-state index contributed by atoms with van der Waals surface area (Å²) in [4.78, 5) is 22.3. The zero-order valence-corrected chi connectivity index (χ0v) is 12.5. The van der Waals surface area contributed by atoms with Crippen molar-refractivity contribution < 1.29 is 19.4 Å². The minimum Gasteiger partial charge on any atom is -0.480 e. The number of hydrogen-bond donors (Lipinski definition) is 3. The van der Waals surface area contributed by atoms with Crippen molar-refractivity contribution in [3.63, 3.8) is 0 Å². The number of carbonyl (C=O) groups is 2. The van der Waals surface area contributed by atoms with E-state index in [1.807, 2.05) is 30.3 Å². The van der Waals surface area contributed by atoms with Crippen molar-refractivity contribution in [1.29, 1.82) is 0 Å². The van der Waals surface area contributed by atoms with Crippen LogP contribution in [0.5, 0.6) is 0 Å². The first-order chi connectivity index (χ1) is 10.6. The number of carboxylic acids is 1. The van der Waals surface area contributed by atoms with E-state index in [0.29, 0.717) is 0 Å². The van der Waals surface area contributed by atoms with Gasteiger partial charge in [-0.1, -0.05) is 30.3 Å². The molecule has 0 aromatic heterocycles. The molecule has 0 atom stereocenters. The summed E-state index contributed by atoms with van der Waals surface area (Å²) in [6.45, 7) is 0.254. The molecule has 22 heavy (non-hydrogen) atoms. The highest BCUT2D eigenvalue weighted by Crippen LogP contribution is 2.18. The molecule has 0 heterocycles. The molecule has 1 aromatic rings. The van der Waals surface area contributed by atoms with E-state index in [1.165, 1.54) is 0 Å². The summed E-state index contributed by atoms with van der Waals surface area (Å²) >= 11 is 0. The van der Waals surface area contributed by atoms with Crippen LogP contribution in [-0.2, 0) is 16.1 Å². The molecule has 1 fully saturated rings. The normalized spacial score (nSPS) is 21.1. The first kappa shape index (κ1) is 16.3. The van der Waals surface area contributed by atoms with Gasteiger partial charge < -0.3 is 20.5 Å². The fourth-order valence-corrected chi connectivity index (χ4v) is 2.60. The van der Waals surface area contributed by atoms with Crippen LogP contribution in [0.15, 0.2) is 30.3 Å². The van der Waals surface area contributed by atoms with Gasteiger partial charge >= 0.3 is 12.1 Å². The quantitative estimate of drug-likeness (QED) is 0.747. The van der Waals surface area contributed by atoms with Crippen LogP contribution >= 0.6 is 0 Å². The fraction of sp³-hybridized carbons (Fsp3) is 0.500. The Morgan fingerprint density at radius 3 is 2.36 bits per heavy atom. The molecular weight excluding hydrogens is 284 g/mol. The van der Waals surface area contributed by atoms with Gasteiger partial charge in [0.25, 0.3) is 0 Å². The van der Waals surface area contributed by atoms with E-state index in [9.17, 15) is 9.59 Å². The molecule has 1 aliphatic rings. The van der Waals surface area contributed by atoms with Crippen molar-refractivity contribution in [2.75, 3.05) is 6.54 Å². The predicted octanol–water partition coefficient (Wildman–Crippen LogP) is 1.90. The van der Waals surface area contributed by atoms with Gasteiger partial charge in [-0.05, 0) is 31.2 Å². The zero-order chi connectivity index (χ0) is 15.8. The van der Waals surface area contributed by atoms with Crippen LogP contribution in [0.2, 0.25) is 0 Å². The van der Waals surface area contributed by atoms with Gasteiger partial charge in [0.1, 0.15) is 6.61 Å². The second kappa shape index (κ2) is 8.38. The van der Waals surface area contributed by atoms with Gasteiger partial charge in [-0.25, -0.2) is 4.79 Å². The Hall–Kier alpha value is -2.08. The van der Waals surface area contributed by atoms with Crippen LogP contribution < -0.4 is 10.6 Å². The van der Waals surface area contributed by atoms with Crippen molar-refractivity contribution in [1.82, 2.24) is 10.6 Å². The lowest BCUT2D eigenvalue weighted by Crippen LogP contribution is -2.43. The van der Waals surface area contributed by atoms with E-state index in [2.05, 4.69) is 10.6 Å². The van der Waals surface area contributed by atoms with E-state index in [-0.39, 0.29) is 25.2 Å². The highest BCUT2D eigenvalue weighted by atomic mass is 16.5. The lowest BCUT2D eigenvalue weighted by molar-refractivity contribution is -0.136. The smallest absolute Gasteiger partial charge is 0.407 e. The van der Waals surface area contributed by atoms with Gasteiger partial charge in [0.15, 0.2) is 0 Å². The number of nitrogens with one attached hydrogen (secondary N) is 2. The van der Waals surface area contributed by atoms with Gasteiger partial charge in [0.05, 0.1) is 6.54 Å². The van der Waals surface area contributed by atoms with Crippen molar-refractivity contribution in [3.8, 4) is 0 Å². The summed E-state index contributed by atoms with van der Waals surface area (Å²) in [5.74, 6) is -0.843. The van der Waals surface area contributed by atoms with E-state index < -0.39 is 12.1 Å². The number of ether oxygens (including phenoxy) is 1. The standard InChI is InChI=1S/C16H22N2O4/c19-15(20)10-17-13-6-8-14(9-7-13)18-16(21)22-11-12-4-2-1-3-5-12/h1-5,13-14,17H,6-11H2,(H,18,21)(H,19,20). The number of rotatable bonds is 6. The maximum Gasteiger partial charge on any atom is 0.407 e. The average Bonchev–Trinajstić information content (AvgIpc) is 2.53. The predicted molar refractivity (Wildman–Crippen MR) is 81.4 cm³/mol. The largest absolute Gasteiger partial charge is 0.480 e. The van der Waals surface area contributed by atoms with Gasteiger partial charge in [-0.2, -0.15) is 0 Å². The summed E-state index contributed by atoms with van der Waals surface area (Å²) in [7, 11) is 0. The molecule has 0 radical (unpaired) electrons. The van der Waals surface area contributed by atoms with Crippen molar-refractivity contribution >= 4 is 12.1 Å². The zero-order valence-electron chi connectivity index (χ0n) is 12.5. The summed E-state index contributed by atoms with van der Waals surface area (Å²) in [6.07, 6.45) is 2.98. The number of carbonyl (C=O) groups excluding carboxylic acids is 1. The number of aliphatic carboxylic acids is 1. The number of carboxylic acid groups (broad SMARTS) is 1. The summed E-state index contributed by atoms with van der Waals surface area (Å²) in [6, 6.07) is 9.87. The maximum atomic E-state index is 11.8. The van der Waals surface area contributed by atoms with Gasteiger partial charge in [-0.3, -0.25) is 4.79 Å². The summed E-state index contributed by atoms with van der Waals surface area (Å²) in [5, 5.41) is 14.5. The molecule has 0 saturated heterocycles. The van der Waals surface area contributed by atoms with Gasteiger partial charge in [0, 0.05) is 12.1 Å². The maximum absolute atomic E-state index is 11.8. The van der Waals surface area contributed by atoms with Crippen LogP contribution in [0, 0.1) is 0 Å². The molecule has 6 heteroatoms. The number of benzene rings is 1. The molecule has 1 saturated carbocycles. The number of amides is 1. The van der Waals surface area contributed by atoms with Crippen LogP contribution in [0.3, 0.4) is 0 Å². The summed E-state index contributed by atoms with van der Waals surface area (Å²) < 4.78 is 5.19. The third-order valence-electron chi connectivity index (χ3n) is 3.80. The first-order valence-electron chi connectivity index (χ1n) is 7.56. The Bertz CT molecular complexity index is 484. The third-order valence-corrected chi connectivity index (χ3v) is 3.80. The molecule has 3 N–H and O–H groups in total. The Labute approximate surface area is 129 Å². The minimum absolute atomic E-state index is 0.0120. The summed E-state index contributed by atoms with van der Waals surface area (Å²) in [5.41, 5.74) is 0.958. The van der Waals surface area contributed by atoms with Gasteiger partial charge in [-0.15, -0.1) is 0 Å². The van der Waals surface area contributed by atoms with E-state index >= 15 is 0 Å². The number of alkyl carbamates (subject to hydrolysis) is 1. The Balaban J connectivity index is 1.63. The molecule has 120 valence electrons. The highest BCUT2D eigenvalue weighted by Gasteiger charge is 2.22. The van der Waals surface area contributed by atoms with E-state index in [4.69, 9.17) is 9.84 Å². The molecule has 1 aliphatic carbocycles. The van der Waals surface area contributed by atoms with E-state index in [1.54, 1.807) is 0 Å². The molecule has 6 nitrogen and oxygen atoms in total. The monoisotopic (exact) mass is 306 g/mol. The molecule has 0 unspecified atom stereocenters. The van der Waals surface area contributed by atoms with Crippen LogP contribution in [0.4, 0.5) is 4.79 Å². The topological polar surface area (TPSA) is 87.7 Å². The van der Waals surface area contributed by atoms with E-state index in [0.717, 1.165) is 31.2 Å². The van der Waals surface area contributed by atoms with Gasteiger partial charge in [0.2, 0.25) is 0 Å². The lowest BCUT2D eigenvalue weighted by Gasteiger charge is -2.29.